The van der Waals surface area contributed by atoms with Crippen molar-refractivity contribution in [1.82, 2.24) is 20.0 Å². The summed E-state index contributed by atoms with van der Waals surface area (Å²) in [6.45, 7) is 4.05. The average Bonchev–Trinajstić information content (AvgIpc) is 3.49. The van der Waals surface area contributed by atoms with Crippen LogP contribution in [-0.4, -0.2) is 44.3 Å². The van der Waals surface area contributed by atoms with Crippen LogP contribution in [0.25, 0.3) is 5.69 Å². The molecule has 1 fully saturated rings. The van der Waals surface area contributed by atoms with E-state index in [0.29, 0.717) is 28.1 Å². The summed E-state index contributed by atoms with van der Waals surface area (Å²) < 4.78 is 41.0. The highest BCUT2D eigenvalue weighted by Gasteiger charge is 2.35. The molecule has 0 unspecified atom stereocenters. The van der Waals surface area contributed by atoms with E-state index in [9.17, 15) is 18.0 Å². The van der Waals surface area contributed by atoms with Crippen LogP contribution in [-0.2, 0) is 6.18 Å². The zero-order valence-electron chi connectivity index (χ0n) is 19.3. The number of hydrogen-bond acceptors (Lipinski definition) is 7. The first-order valence-electron chi connectivity index (χ1n) is 10.9. The summed E-state index contributed by atoms with van der Waals surface area (Å²) in [7, 11) is 1.90. The Hall–Kier alpha value is -3.48. The van der Waals surface area contributed by atoms with Crippen LogP contribution in [0.1, 0.15) is 32.3 Å². The second-order valence-corrected chi connectivity index (χ2v) is 9.94. The number of benzene rings is 1. The number of alkyl halides is 3. The predicted molar refractivity (Wildman–Crippen MR) is 130 cm³/mol. The summed E-state index contributed by atoms with van der Waals surface area (Å²) in [5.74, 6) is 0. The van der Waals surface area contributed by atoms with Crippen molar-refractivity contribution in [3.63, 3.8) is 0 Å². The Morgan fingerprint density at radius 3 is 2.51 bits per heavy atom. The first kappa shape index (κ1) is 24.6. The third-order valence-corrected chi connectivity index (χ3v) is 6.31. The first-order chi connectivity index (χ1) is 16.5. The number of anilines is 4. The van der Waals surface area contributed by atoms with Crippen molar-refractivity contribution in [3.8, 4) is 5.69 Å². The smallest absolute Gasteiger partial charge is 0.395 e. The van der Waals surface area contributed by atoms with E-state index in [1.165, 1.54) is 42.5 Å². The van der Waals surface area contributed by atoms with Crippen molar-refractivity contribution < 1.29 is 18.0 Å². The van der Waals surface area contributed by atoms with Gasteiger partial charge in [0.2, 0.25) is 0 Å². The molecule has 1 aromatic carbocycles. The highest BCUT2D eigenvalue weighted by molar-refractivity contribution is 8.00. The number of halogens is 3. The van der Waals surface area contributed by atoms with E-state index in [1.807, 2.05) is 25.8 Å². The summed E-state index contributed by atoms with van der Waals surface area (Å²) in [5.41, 5.74) is 6.60. The lowest BCUT2D eigenvalue weighted by Gasteiger charge is -2.25. The zero-order valence-corrected chi connectivity index (χ0v) is 20.1. The number of rotatable bonds is 7. The summed E-state index contributed by atoms with van der Waals surface area (Å²) in [6, 6.07) is 2.96. The van der Waals surface area contributed by atoms with Crippen molar-refractivity contribution in [2.75, 3.05) is 28.3 Å². The number of thioether (sulfide) groups is 1. The Kier molecular flexibility index (Phi) is 6.79. The molecule has 186 valence electrons. The van der Waals surface area contributed by atoms with Crippen molar-refractivity contribution >= 4 is 40.5 Å². The molecule has 1 aliphatic carbocycles. The molecule has 0 aliphatic heterocycles. The molecule has 4 N–H and O–H groups in total. The van der Waals surface area contributed by atoms with Crippen LogP contribution in [0.15, 0.2) is 41.8 Å². The number of nitrogens with one attached hydrogen (secondary N) is 2. The average molecular weight is 507 g/mol. The molecular weight excluding hydrogens is 481 g/mol. The maximum atomic E-state index is 13.7. The Labute approximate surface area is 204 Å². The van der Waals surface area contributed by atoms with E-state index >= 15 is 0 Å². The van der Waals surface area contributed by atoms with E-state index in [1.54, 1.807) is 0 Å². The molecule has 0 spiro atoms. The number of nitrogens with two attached hydrogens (primary N) is 1. The number of urea groups is 1. The normalized spacial score (nSPS) is 13.7. The molecule has 13 heteroatoms. The minimum absolute atomic E-state index is 0.0456. The molecular formula is C22H25F3N8OS. The molecule has 2 aromatic heterocycles. The van der Waals surface area contributed by atoms with Crippen LogP contribution in [0.3, 0.4) is 0 Å². The van der Waals surface area contributed by atoms with E-state index in [2.05, 4.69) is 25.8 Å². The molecule has 2 heterocycles. The SMILES string of the molecule is CC(C)Sc1ncc(NC(=O)Nc2ccc(-n3nccn3)c(C(F)(F)F)c2)c(N(C)C2CC2)c1N. The van der Waals surface area contributed by atoms with Gasteiger partial charge in [-0.05, 0) is 31.0 Å². The molecule has 0 atom stereocenters. The zero-order chi connectivity index (χ0) is 25.3. The lowest BCUT2D eigenvalue weighted by atomic mass is 10.1. The van der Waals surface area contributed by atoms with Gasteiger partial charge < -0.3 is 21.3 Å². The topological polar surface area (TPSA) is 114 Å². The van der Waals surface area contributed by atoms with Gasteiger partial charge in [-0.1, -0.05) is 13.8 Å². The van der Waals surface area contributed by atoms with Crippen LogP contribution in [0, 0.1) is 0 Å². The second-order valence-electron chi connectivity index (χ2n) is 8.38. The van der Waals surface area contributed by atoms with Gasteiger partial charge in [-0.2, -0.15) is 28.2 Å². The van der Waals surface area contributed by atoms with Gasteiger partial charge >= 0.3 is 12.2 Å². The number of carbonyl (C=O) groups is 1. The number of aromatic nitrogens is 4. The molecule has 1 saturated carbocycles. The Morgan fingerprint density at radius 2 is 1.91 bits per heavy atom. The number of nitrogens with zero attached hydrogens (tertiary/aromatic N) is 5. The third kappa shape index (κ3) is 5.61. The van der Waals surface area contributed by atoms with E-state index < -0.39 is 17.8 Å². The van der Waals surface area contributed by atoms with Crippen LogP contribution in [0.5, 0.6) is 0 Å². The molecule has 0 bridgehead atoms. The van der Waals surface area contributed by atoms with Crippen molar-refractivity contribution in [3.05, 3.63) is 42.4 Å². The number of amides is 2. The fraction of sp³-hybridized carbons (Fsp3) is 0.364. The van der Waals surface area contributed by atoms with Crippen molar-refractivity contribution in [2.45, 2.75) is 49.2 Å². The largest absolute Gasteiger partial charge is 0.418 e. The van der Waals surface area contributed by atoms with Crippen LogP contribution < -0.4 is 21.3 Å². The number of pyridine rings is 1. The summed E-state index contributed by atoms with van der Waals surface area (Å²) >= 11 is 1.51. The fourth-order valence-electron chi connectivity index (χ4n) is 3.57. The van der Waals surface area contributed by atoms with E-state index in [0.717, 1.165) is 23.7 Å². The van der Waals surface area contributed by atoms with Crippen LogP contribution >= 0.6 is 11.8 Å². The van der Waals surface area contributed by atoms with Gasteiger partial charge in [-0.3, -0.25) is 0 Å². The van der Waals surface area contributed by atoms with Gasteiger partial charge in [0.15, 0.2) is 0 Å². The highest BCUT2D eigenvalue weighted by atomic mass is 32.2. The molecule has 2 amide bonds. The Bertz CT molecular complexity index is 1210. The Balaban J connectivity index is 1.59. The molecule has 1 aliphatic rings. The quantitative estimate of drug-likeness (QED) is 0.386. The van der Waals surface area contributed by atoms with Crippen LogP contribution in [0.4, 0.5) is 40.7 Å². The Morgan fingerprint density at radius 1 is 1.23 bits per heavy atom. The van der Waals surface area contributed by atoms with Gasteiger partial charge in [0.25, 0.3) is 0 Å². The highest BCUT2D eigenvalue weighted by Crippen LogP contribution is 2.42. The fourth-order valence-corrected chi connectivity index (χ4v) is 4.36. The molecule has 35 heavy (non-hydrogen) atoms. The first-order valence-corrected chi connectivity index (χ1v) is 11.8. The lowest BCUT2D eigenvalue weighted by Crippen LogP contribution is -2.26. The third-order valence-electron chi connectivity index (χ3n) is 5.29. The minimum atomic E-state index is -4.68. The standard InChI is InChI=1S/C22H25F3N8OS/c1-12(2)35-20-18(26)19(32(3)14-5-6-14)16(11-27-20)31-21(34)30-13-4-7-17(33-28-8-9-29-33)15(10-13)22(23,24)25/h4,7-12,14H,5-6,26H2,1-3H3,(H2,30,31,34). The number of carbonyl (C=O) groups excluding carboxylic acids is 1. The number of nitrogen functional groups attached to an aromatic ring is 1. The van der Waals surface area contributed by atoms with Gasteiger partial charge in [0.1, 0.15) is 5.03 Å². The van der Waals surface area contributed by atoms with Crippen molar-refractivity contribution in [1.29, 1.82) is 0 Å². The van der Waals surface area contributed by atoms with E-state index in [4.69, 9.17) is 5.73 Å². The second kappa shape index (κ2) is 9.64. The van der Waals surface area contributed by atoms with Gasteiger partial charge in [0, 0.05) is 24.0 Å². The van der Waals surface area contributed by atoms with E-state index in [-0.39, 0.29) is 16.6 Å². The molecule has 4 rings (SSSR count). The van der Waals surface area contributed by atoms with Crippen LogP contribution in [0.2, 0.25) is 0 Å². The summed E-state index contributed by atoms with van der Waals surface area (Å²) in [4.78, 5) is 20.0. The maximum Gasteiger partial charge on any atom is 0.418 e. The predicted octanol–water partition coefficient (Wildman–Crippen LogP) is 5.01. The van der Waals surface area contributed by atoms with Crippen molar-refractivity contribution in [2.24, 2.45) is 0 Å². The monoisotopic (exact) mass is 506 g/mol. The molecule has 9 nitrogen and oxygen atoms in total. The molecule has 0 saturated heterocycles. The lowest BCUT2D eigenvalue weighted by molar-refractivity contribution is -0.137. The number of hydrogen-bond donors (Lipinski definition) is 3. The van der Waals surface area contributed by atoms with Gasteiger partial charge in [-0.15, -0.1) is 11.8 Å². The summed E-state index contributed by atoms with van der Waals surface area (Å²) in [5, 5.41) is 13.6. The summed E-state index contributed by atoms with van der Waals surface area (Å²) in [6.07, 6.45) is 1.41. The molecule has 0 radical (unpaired) electrons. The van der Waals surface area contributed by atoms with Gasteiger partial charge in [0.05, 0.1) is 46.9 Å². The molecule has 3 aromatic rings. The maximum absolute atomic E-state index is 13.7. The van der Waals surface area contributed by atoms with Gasteiger partial charge in [-0.25, -0.2) is 9.78 Å². The minimum Gasteiger partial charge on any atom is -0.395 e.